The van der Waals surface area contributed by atoms with E-state index in [0.717, 1.165) is 0 Å². The third-order valence-corrected chi connectivity index (χ3v) is 4.01. The van der Waals surface area contributed by atoms with Gasteiger partial charge >= 0.3 is 0 Å². The molecular weight excluding hydrogens is 316 g/mol. The summed E-state index contributed by atoms with van der Waals surface area (Å²) >= 11 is 0. The molecule has 1 aromatic carbocycles. The number of Topliss-reactive ketones (excluding diaryl/α,β-unsaturated/α-hetero) is 1. The van der Waals surface area contributed by atoms with Crippen molar-refractivity contribution in [2.75, 3.05) is 11.5 Å². The number of nitrogens with zero attached hydrogens (tertiary/aromatic N) is 2. The Bertz CT molecular complexity index is 870. The fourth-order valence-corrected chi connectivity index (χ4v) is 2.89. The number of hydrogen-bond donors (Lipinski definition) is 0. The molecule has 1 unspecified atom stereocenters. The molecule has 1 aromatic heterocycles. The van der Waals surface area contributed by atoms with E-state index in [-0.39, 0.29) is 18.8 Å². The second kappa shape index (κ2) is 6.71. The van der Waals surface area contributed by atoms with Crippen LogP contribution in [0, 0.1) is 12.3 Å². The number of aromatic nitrogens is 1. The molecule has 1 atom stereocenters. The smallest absolute Gasteiger partial charge is 0.273 e. The van der Waals surface area contributed by atoms with Crippen LogP contribution in [0.25, 0.3) is 0 Å². The molecule has 0 bridgehead atoms. The van der Waals surface area contributed by atoms with Crippen molar-refractivity contribution >= 4 is 23.2 Å². The zero-order valence-corrected chi connectivity index (χ0v) is 13.5. The van der Waals surface area contributed by atoms with Gasteiger partial charge in [0.25, 0.3) is 5.91 Å². The highest BCUT2D eigenvalue weighted by atomic mass is 16.5. The number of hydrogen-bond acceptors (Lipinski definition) is 4. The molecule has 0 saturated carbocycles. The van der Waals surface area contributed by atoms with Gasteiger partial charge in [0, 0.05) is 12.6 Å². The maximum atomic E-state index is 13.3. The Morgan fingerprint density at radius 2 is 2.00 bits per heavy atom. The molecule has 1 aliphatic heterocycles. The van der Waals surface area contributed by atoms with Gasteiger partial charge in [0.2, 0.25) is 11.4 Å². The summed E-state index contributed by atoms with van der Waals surface area (Å²) in [7, 11) is 0. The van der Waals surface area contributed by atoms with E-state index in [1.165, 1.54) is 17.2 Å². The summed E-state index contributed by atoms with van der Waals surface area (Å²) in [5.74, 6) is 1.63. The molecule has 5 nitrogen and oxygen atoms in total. The molecule has 0 aliphatic carbocycles. The van der Waals surface area contributed by atoms with E-state index in [9.17, 15) is 9.59 Å². The summed E-state index contributed by atoms with van der Waals surface area (Å²) in [4.78, 5) is 32.1. The van der Waals surface area contributed by atoms with Crippen molar-refractivity contribution in [3.63, 3.8) is 0 Å². The first-order valence-corrected chi connectivity index (χ1v) is 7.73. The number of rotatable bonds is 5. The summed E-state index contributed by atoms with van der Waals surface area (Å²) < 4.78 is 5.62. The quantitative estimate of drug-likeness (QED) is 0.480. The lowest BCUT2D eigenvalue weighted by atomic mass is 9.84. The number of ether oxygens (including phenoxy) is 1. The van der Waals surface area contributed by atoms with Gasteiger partial charge in [0.05, 0.1) is 11.3 Å². The Morgan fingerprint density at radius 1 is 1.24 bits per heavy atom. The first-order chi connectivity index (χ1) is 12.2. The lowest BCUT2D eigenvalue weighted by Crippen LogP contribution is -2.58. The summed E-state index contributed by atoms with van der Waals surface area (Å²) in [6, 6.07) is 12.3. The zero-order valence-electron chi connectivity index (χ0n) is 13.5. The number of ketones is 1. The van der Waals surface area contributed by atoms with Crippen molar-refractivity contribution < 1.29 is 14.3 Å². The molecule has 0 radical (unpaired) electrons. The van der Waals surface area contributed by atoms with Crippen molar-refractivity contribution in [2.45, 2.75) is 12.0 Å². The second-order valence-electron chi connectivity index (χ2n) is 5.49. The molecule has 124 valence electrons. The van der Waals surface area contributed by atoms with E-state index in [1.54, 1.807) is 36.4 Å². The Labute approximate surface area is 145 Å². The first-order valence-electron chi connectivity index (χ1n) is 7.73. The topological polar surface area (TPSA) is 59.5 Å². The molecule has 1 aliphatic rings. The van der Waals surface area contributed by atoms with E-state index in [0.29, 0.717) is 11.3 Å². The standard InChI is InChI=1S/C20H16N2O3/c1-3-12-20(25-14-4-2)17(23)16-11-8-13-21-18(16)22(19(20)24)15-9-6-5-7-10-15/h2-3,5-11,13H,1,12,14H2. The average molecular weight is 332 g/mol. The van der Waals surface area contributed by atoms with Crippen LogP contribution < -0.4 is 4.90 Å². The van der Waals surface area contributed by atoms with Gasteiger partial charge in [0.15, 0.2) is 5.82 Å². The van der Waals surface area contributed by atoms with E-state index in [4.69, 9.17) is 11.2 Å². The van der Waals surface area contributed by atoms with Gasteiger partial charge in [-0.2, -0.15) is 0 Å². The summed E-state index contributed by atoms with van der Waals surface area (Å²) in [5.41, 5.74) is -0.831. The molecule has 5 heteroatoms. The maximum Gasteiger partial charge on any atom is 0.273 e. The van der Waals surface area contributed by atoms with E-state index in [1.807, 2.05) is 6.07 Å². The third-order valence-electron chi connectivity index (χ3n) is 4.01. The van der Waals surface area contributed by atoms with Crippen LogP contribution in [0.5, 0.6) is 0 Å². The normalized spacial score (nSPS) is 19.2. The van der Waals surface area contributed by atoms with Gasteiger partial charge in [-0.3, -0.25) is 14.5 Å². The number of carbonyl (C=O) groups is 2. The minimum Gasteiger partial charge on any atom is -0.344 e. The van der Waals surface area contributed by atoms with Crippen molar-refractivity contribution in [3.05, 3.63) is 66.9 Å². The van der Waals surface area contributed by atoms with Crippen LogP contribution in [0.3, 0.4) is 0 Å². The number of terminal acetylenes is 1. The second-order valence-corrected chi connectivity index (χ2v) is 5.49. The van der Waals surface area contributed by atoms with E-state index >= 15 is 0 Å². The maximum absolute atomic E-state index is 13.3. The Kier molecular flexibility index (Phi) is 4.46. The predicted molar refractivity (Wildman–Crippen MR) is 94.5 cm³/mol. The fraction of sp³-hybridized carbons (Fsp3) is 0.150. The molecule has 1 amide bonds. The third kappa shape index (κ3) is 2.63. The van der Waals surface area contributed by atoms with Crippen LogP contribution in [0.2, 0.25) is 0 Å². The predicted octanol–water partition coefficient (Wildman–Crippen LogP) is 2.91. The van der Waals surface area contributed by atoms with Gasteiger partial charge in [-0.25, -0.2) is 4.98 Å². The van der Waals surface area contributed by atoms with Gasteiger partial charge in [-0.05, 0) is 24.3 Å². The van der Waals surface area contributed by atoms with Crippen molar-refractivity contribution in [1.82, 2.24) is 4.98 Å². The number of carbonyl (C=O) groups excluding carboxylic acids is 2. The molecule has 0 N–H and O–H groups in total. The largest absolute Gasteiger partial charge is 0.344 e. The van der Waals surface area contributed by atoms with Crippen LogP contribution >= 0.6 is 0 Å². The summed E-state index contributed by atoms with van der Waals surface area (Å²) in [6.45, 7) is 3.50. The minimum absolute atomic E-state index is 0.0179. The molecule has 2 aromatic rings. The van der Waals surface area contributed by atoms with Gasteiger partial charge in [-0.1, -0.05) is 30.2 Å². The number of pyridine rings is 1. The zero-order chi connectivity index (χ0) is 17.9. The van der Waals surface area contributed by atoms with Gasteiger partial charge in [-0.15, -0.1) is 13.0 Å². The molecule has 0 saturated heterocycles. The van der Waals surface area contributed by atoms with Gasteiger partial charge in [0.1, 0.15) is 6.61 Å². The van der Waals surface area contributed by atoms with Crippen molar-refractivity contribution in [3.8, 4) is 12.3 Å². The highest BCUT2D eigenvalue weighted by Crippen LogP contribution is 2.39. The first kappa shape index (κ1) is 16.6. The summed E-state index contributed by atoms with van der Waals surface area (Å²) in [6.07, 6.45) is 8.32. The van der Waals surface area contributed by atoms with Crippen LogP contribution in [0.1, 0.15) is 16.8 Å². The number of amides is 1. The van der Waals surface area contributed by atoms with Gasteiger partial charge < -0.3 is 4.74 Å². The number of fused-ring (bicyclic) bond motifs is 1. The van der Waals surface area contributed by atoms with Crippen molar-refractivity contribution in [1.29, 1.82) is 0 Å². The minimum atomic E-state index is -1.74. The average Bonchev–Trinajstić information content (AvgIpc) is 2.65. The van der Waals surface area contributed by atoms with Crippen LogP contribution in [0.4, 0.5) is 11.5 Å². The molecule has 2 heterocycles. The Balaban J connectivity index is 2.24. The van der Waals surface area contributed by atoms with E-state index in [2.05, 4.69) is 17.5 Å². The summed E-state index contributed by atoms with van der Waals surface area (Å²) in [5, 5.41) is 0. The molecular formula is C20H16N2O3. The highest BCUT2D eigenvalue weighted by molar-refractivity contribution is 6.28. The van der Waals surface area contributed by atoms with Crippen LogP contribution in [-0.2, 0) is 9.53 Å². The molecule has 0 spiro atoms. The number of anilines is 2. The molecule has 25 heavy (non-hydrogen) atoms. The highest BCUT2D eigenvalue weighted by Gasteiger charge is 2.54. The van der Waals surface area contributed by atoms with Crippen LogP contribution in [-0.4, -0.2) is 28.9 Å². The number of para-hydroxylation sites is 1. The fourth-order valence-electron chi connectivity index (χ4n) is 2.89. The Morgan fingerprint density at radius 3 is 2.68 bits per heavy atom. The number of benzene rings is 1. The monoisotopic (exact) mass is 332 g/mol. The lowest BCUT2D eigenvalue weighted by Gasteiger charge is -2.39. The van der Waals surface area contributed by atoms with Crippen molar-refractivity contribution in [2.24, 2.45) is 0 Å². The van der Waals surface area contributed by atoms with Crippen LogP contribution in [0.15, 0.2) is 61.3 Å². The van der Waals surface area contributed by atoms with E-state index < -0.39 is 17.3 Å². The molecule has 3 rings (SSSR count). The Hall–Kier alpha value is -3.23. The lowest BCUT2D eigenvalue weighted by molar-refractivity contribution is -0.136. The molecule has 0 fully saturated rings. The SMILES string of the molecule is C#CCOC1(CC=C)C(=O)c2cccnc2N(c2ccccc2)C1=O.